The molecule has 0 aromatic carbocycles. The second-order valence-corrected chi connectivity index (χ2v) is 6.15. The topological polar surface area (TPSA) is 13.7 Å². The SMILES string of the molecule is CCCCCCCCCCOCC[NH+]1CCCCC1.[Cl-]. The first-order valence-corrected chi connectivity index (χ1v) is 8.85. The second kappa shape index (κ2) is 15.6. The number of halogens is 1. The standard InChI is InChI=1S/C17H35NO.ClH/c1-2-3-4-5-6-7-8-12-16-19-17-15-18-13-10-9-11-14-18;/h2-17H2,1H3;1H. The lowest BCUT2D eigenvalue weighted by atomic mass is 10.1. The average Bonchev–Trinajstić information content (AvgIpc) is 2.46. The molecule has 0 saturated carbocycles. The number of nitrogens with one attached hydrogen (secondary N) is 1. The van der Waals surface area contributed by atoms with E-state index in [2.05, 4.69) is 6.92 Å². The molecule has 1 heterocycles. The molecule has 1 fully saturated rings. The van der Waals surface area contributed by atoms with E-state index < -0.39 is 0 Å². The van der Waals surface area contributed by atoms with Crippen LogP contribution in [0.5, 0.6) is 0 Å². The zero-order valence-electron chi connectivity index (χ0n) is 13.6. The van der Waals surface area contributed by atoms with Crippen molar-refractivity contribution in [2.45, 2.75) is 77.6 Å². The predicted molar refractivity (Wildman–Crippen MR) is 82.8 cm³/mol. The summed E-state index contributed by atoms with van der Waals surface area (Å²) >= 11 is 0. The van der Waals surface area contributed by atoms with Crippen LogP contribution in [0.3, 0.4) is 0 Å². The molecular formula is C17H36ClNO. The number of hydrogen-bond donors (Lipinski definition) is 1. The molecule has 0 spiro atoms. The molecule has 0 radical (unpaired) electrons. The lowest BCUT2D eigenvalue weighted by Gasteiger charge is -2.23. The minimum atomic E-state index is 0. The minimum Gasteiger partial charge on any atom is -1.00 e. The van der Waals surface area contributed by atoms with Crippen molar-refractivity contribution in [2.75, 3.05) is 32.8 Å². The van der Waals surface area contributed by atoms with E-state index in [1.807, 2.05) is 0 Å². The van der Waals surface area contributed by atoms with Crippen molar-refractivity contribution >= 4 is 0 Å². The van der Waals surface area contributed by atoms with Crippen LogP contribution in [0.1, 0.15) is 77.6 Å². The fraction of sp³-hybridized carbons (Fsp3) is 1.00. The number of likely N-dealkylation sites (tertiary alicyclic amines) is 1. The maximum absolute atomic E-state index is 5.76. The smallest absolute Gasteiger partial charge is 0.101 e. The molecule has 2 nitrogen and oxygen atoms in total. The summed E-state index contributed by atoms with van der Waals surface area (Å²) in [5.74, 6) is 0. The summed E-state index contributed by atoms with van der Waals surface area (Å²) in [4.78, 5) is 1.77. The van der Waals surface area contributed by atoms with Gasteiger partial charge in [-0.3, -0.25) is 0 Å². The van der Waals surface area contributed by atoms with Gasteiger partial charge in [-0.1, -0.05) is 51.9 Å². The van der Waals surface area contributed by atoms with Crippen LogP contribution < -0.4 is 17.3 Å². The Balaban J connectivity index is 0.00000361. The highest BCUT2D eigenvalue weighted by Crippen LogP contribution is 2.08. The molecule has 1 aliphatic rings. The molecule has 1 saturated heterocycles. The predicted octanol–water partition coefficient (Wildman–Crippen LogP) is 0.217. The van der Waals surface area contributed by atoms with Crippen molar-refractivity contribution in [3.05, 3.63) is 0 Å². The van der Waals surface area contributed by atoms with Crippen LogP contribution in [0.25, 0.3) is 0 Å². The van der Waals surface area contributed by atoms with Crippen LogP contribution in [-0.2, 0) is 4.74 Å². The molecule has 1 rings (SSSR count). The fourth-order valence-electron chi connectivity index (χ4n) is 2.96. The monoisotopic (exact) mass is 305 g/mol. The van der Waals surface area contributed by atoms with Gasteiger partial charge in [0.15, 0.2) is 0 Å². The minimum absolute atomic E-state index is 0. The summed E-state index contributed by atoms with van der Waals surface area (Å²) in [6, 6.07) is 0. The molecule has 0 aromatic heterocycles. The first-order chi connectivity index (χ1) is 9.43. The Morgan fingerprint density at radius 2 is 1.35 bits per heavy atom. The summed E-state index contributed by atoms with van der Waals surface area (Å²) in [6.07, 6.45) is 15.4. The van der Waals surface area contributed by atoms with Crippen LogP contribution in [0.15, 0.2) is 0 Å². The van der Waals surface area contributed by atoms with Crippen LogP contribution in [-0.4, -0.2) is 32.8 Å². The highest BCUT2D eigenvalue weighted by molar-refractivity contribution is 4.47. The quantitative estimate of drug-likeness (QED) is 0.509. The van der Waals surface area contributed by atoms with Gasteiger partial charge in [0.2, 0.25) is 0 Å². The molecule has 122 valence electrons. The van der Waals surface area contributed by atoms with Gasteiger partial charge in [0.05, 0.1) is 19.7 Å². The molecule has 0 unspecified atom stereocenters. The van der Waals surface area contributed by atoms with Crippen molar-refractivity contribution in [1.82, 2.24) is 0 Å². The molecule has 0 bridgehead atoms. The van der Waals surface area contributed by atoms with Crippen LogP contribution >= 0.6 is 0 Å². The molecule has 3 heteroatoms. The summed E-state index contributed by atoms with van der Waals surface area (Å²) < 4.78 is 5.76. The summed E-state index contributed by atoms with van der Waals surface area (Å²) in [7, 11) is 0. The van der Waals surface area contributed by atoms with Gasteiger partial charge in [-0.25, -0.2) is 0 Å². The van der Waals surface area contributed by atoms with Crippen LogP contribution in [0, 0.1) is 0 Å². The van der Waals surface area contributed by atoms with Gasteiger partial charge < -0.3 is 22.0 Å². The maximum Gasteiger partial charge on any atom is 0.101 e. The van der Waals surface area contributed by atoms with E-state index in [9.17, 15) is 0 Å². The average molecular weight is 306 g/mol. The first-order valence-electron chi connectivity index (χ1n) is 8.85. The summed E-state index contributed by atoms with van der Waals surface area (Å²) in [5.41, 5.74) is 0. The number of hydrogen-bond acceptors (Lipinski definition) is 1. The van der Waals surface area contributed by atoms with E-state index in [0.29, 0.717) is 0 Å². The Morgan fingerprint density at radius 1 is 0.750 bits per heavy atom. The van der Waals surface area contributed by atoms with Crippen molar-refractivity contribution in [3.63, 3.8) is 0 Å². The van der Waals surface area contributed by atoms with Crippen LogP contribution in [0.4, 0.5) is 0 Å². The van der Waals surface area contributed by atoms with Gasteiger partial charge in [-0.05, 0) is 25.7 Å². The van der Waals surface area contributed by atoms with E-state index in [4.69, 9.17) is 4.74 Å². The summed E-state index contributed by atoms with van der Waals surface area (Å²) in [6.45, 7) is 8.23. The Morgan fingerprint density at radius 3 is 2.00 bits per heavy atom. The van der Waals surface area contributed by atoms with E-state index in [0.717, 1.165) is 13.2 Å². The van der Waals surface area contributed by atoms with Gasteiger partial charge in [0, 0.05) is 6.61 Å². The molecule has 0 amide bonds. The maximum atomic E-state index is 5.76. The van der Waals surface area contributed by atoms with Crippen molar-refractivity contribution < 1.29 is 22.0 Å². The number of ether oxygens (including phenoxy) is 1. The third-order valence-electron chi connectivity index (χ3n) is 4.30. The molecule has 0 aliphatic carbocycles. The highest BCUT2D eigenvalue weighted by Gasteiger charge is 2.12. The van der Waals surface area contributed by atoms with E-state index in [1.165, 1.54) is 90.3 Å². The zero-order valence-corrected chi connectivity index (χ0v) is 14.4. The van der Waals surface area contributed by atoms with Gasteiger partial charge >= 0.3 is 0 Å². The van der Waals surface area contributed by atoms with E-state index >= 15 is 0 Å². The Hall–Kier alpha value is 0.210. The first kappa shape index (κ1) is 20.2. The fourth-order valence-corrected chi connectivity index (χ4v) is 2.96. The largest absolute Gasteiger partial charge is 1.00 e. The Kier molecular flexibility index (Phi) is 15.8. The van der Waals surface area contributed by atoms with Crippen molar-refractivity contribution in [1.29, 1.82) is 0 Å². The molecule has 0 aromatic rings. The van der Waals surface area contributed by atoms with Gasteiger partial charge in [0.1, 0.15) is 6.54 Å². The zero-order chi connectivity index (χ0) is 13.6. The summed E-state index contributed by atoms with van der Waals surface area (Å²) in [5, 5.41) is 0. The molecule has 1 aliphatic heterocycles. The number of quaternary nitrogens is 1. The molecule has 1 N–H and O–H groups in total. The van der Waals surface area contributed by atoms with Gasteiger partial charge in [-0.15, -0.1) is 0 Å². The molecule has 20 heavy (non-hydrogen) atoms. The number of piperidine rings is 1. The van der Waals surface area contributed by atoms with Crippen molar-refractivity contribution in [2.24, 2.45) is 0 Å². The van der Waals surface area contributed by atoms with E-state index in [1.54, 1.807) is 4.90 Å². The third kappa shape index (κ3) is 12.0. The van der Waals surface area contributed by atoms with Crippen LogP contribution in [0.2, 0.25) is 0 Å². The molecular weight excluding hydrogens is 270 g/mol. The third-order valence-corrected chi connectivity index (χ3v) is 4.30. The highest BCUT2D eigenvalue weighted by atomic mass is 35.5. The second-order valence-electron chi connectivity index (χ2n) is 6.15. The lowest BCUT2D eigenvalue weighted by Crippen LogP contribution is -3.13. The number of rotatable bonds is 12. The Labute approximate surface area is 133 Å². The van der Waals surface area contributed by atoms with Crippen molar-refractivity contribution in [3.8, 4) is 0 Å². The normalized spacial score (nSPS) is 16.1. The lowest BCUT2D eigenvalue weighted by molar-refractivity contribution is -0.905. The number of unbranched alkanes of at least 4 members (excludes halogenated alkanes) is 7. The van der Waals surface area contributed by atoms with Gasteiger partial charge in [0.25, 0.3) is 0 Å². The van der Waals surface area contributed by atoms with E-state index in [-0.39, 0.29) is 12.4 Å². The molecule has 0 atom stereocenters. The van der Waals surface area contributed by atoms with Gasteiger partial charge in [-0.2, -0.15) is 0 Å². The Bertz CT molecular complexity index is 184.